The van der Waals surface area contributed by atoms with Gasteiger partial charge in [0.2, 0.25) is 0 Å². The highest BCUT2D eigenvalue weighted by Crippen LogP contribution is 2.31. The van der Waals surface area contributed by atoms with Crippen LogP contribution in [0.25, 0.3) is 11.3 Å². The third-order valence-electron chi connectivity index (χ3n) is 3.10. The second-order valence-electron chi connectivity index (χ2n) is 5.34. The number of hydrogen-bond donors (Lipinski definition) is 1. The second-order valence-corrected chi connectivity index (χ2v) is 6.18. The van der Waals surface area contributed by atoms with Crippen molar-refractivity contribution in [1.29, 1.82) is 0 Å². The Morgan fingerprint density at radius 1 is 1.17 bits per heavy atom. The predicted octanol–water partition coefficient (Wildman–Crippen LogP) is 5.58. The van der Waals surface area contributed by atoms with Crippen LogP contribution in [0.2, 0.25) is 10.0 Å². The van der Waals surface area contributed by atoms with Crippen LogP contribution in [0, 0.1) is 0 Å². The molecule has 0 spiro atoms. The highest BCUT2D eigenvalue weighted by molar-refractivity contribution is 6.35. The molecule has 23 heavy (non-hydrogen) atoms. The van der Waals surface area contributed by atoms with Crippen LogP contribution in [0.1, 0.15) is 26.0 Å². The Morgan fingerprint density at radius 2 is 1.96 bits per heavy atom. The minimum atomic E-state index is 0. The van der Waals surface area contributed by atoms with Crippen LogP contribution in [0.15, 0.2) is 34.7 Å². The fourth-order valence-electron chi connectivity index (χ4n) is 2.03. The second kappa shape index (κ2) is 10.2. The van der Waals surface area contributed by atoms with Gasteiger partial charge in [-0.3, -0.25) is 0 Å². The molecule has 1 N–H and O–H groups in total. The van der Waals surface area contributed by atoms with Crippen molar-refractivity contribution in [2.24, 2.45) is 0 Å². The molecule has 2 rings (SSSR count). The molecule has 0 aliphatic carbocycles. The van der Waals surface area contributed by atoms with Crippen LogP contribution < -0.4 is 5.32 Å². The summed E-state index contributed by atoms with van der Waals surface area (Å²) in [4.78, 5) is 0. The summed E-state index contributed by atoms with van der Waals surface area (Å²) >= 11 is 12.2. The molecule has 0 saturated carbocycles. The van der Waals surface area contributed by atoms with E-state index in [0.29, 0.717) is 16.6 Å². The summed E-state index contributed by atoms with van der Waals surface area (Å²) in [5, 5.41) is 4.60. The quantitative estimate of drug-likeness (QED) is 0.609. The Labute approximate surface area is 153 Å². The highest BCUT2D eigenvalue weighted by atomic mass is 35.5. The van der Waals surface area contributed by atoms with Crippen molar-refractivity contribution < 1.29 is 9.15 Å². The summed E-state index contributed by atoms with van der Waals surface area (Å²) in [6.45, 7) is 6.42. The van der Waals surface area contributed by atoms with E-state index < -0.39 is 0 Å². The first-order valence-corrected chi connectivity index (χ1v) is 8.18. The normalized spacial score (nSPS) is 10.8. The minimum absolute atomic E-state index is 0. The number of rotatable bonds is 8. The van der Waals surface area contributed by atoms with E-state index in [1.54, 1.807) is 12.1 Å². The molecule has 0 amide bonds. The average Bonchev–Trinajstić information content (AvgIpc) is 2.93. The summed E-state index contributed by atoms with van der Waals surface area (Å²) in [7, 11) is 0. The monoisotopic (exact) mass is 377 g/mol. The fourth-order valence-corrected chi connectivity index (χ4v) is 2.41. The van der Waals surface area contributed by atoms with E-state index >= 15 is 0 Å². The zero-order chi connectivity index (χ0) is 15.9. The maximum Gasteiger partial charge on any atom is 0.135 e. The van der Waals surface area contributed by atoms with Gasteiger partial charge in [-0.2, -0.15) is 0 Å². The van der Waals surface area contributed by atoms with Gasteiger partial charge in [-0.05, 0) is 57.1 Å². The van der Waals surface area contributed by atoms with E-state index in [1.807, 2.05) is 32.0 Å². The highest BCUT2D eigenvalue weighted by Gasteiger charge is 2.09. The number of halogens is 3. The largest absolute Gasteiger partial charge is 0.460 e. The Morgan fingerprint density at radius 3 is 2.70 bits per heavy atom. The molecule has 1 aromatic carbocycles. The number of hydrogen-bond acceptors (Lipinski definition) is 3. The standard InChI is InChI=1S/C17H21Cl2NO2.ClH/c1-12(2)21-9-3-8-20-11-14-5-7-17(22-14)15-10-13(18)4-6-16(15)19;/h4-7,10,12,20H,3,8-9,11H2,1-2H3;1H. The number of benzene rings is 1. The van der Waals surface area contributed by atoms with Gasteiger partial charge in [-0.15, -0.1) is 12.4 Å². The number of ether oxygens (including phenoxy) is 1. The van der Waals surface area contributed by atoms with Crippen LogP contribution in [0.4, 0.5) is 0 Å². The smallest absolute Gasteiger partial charge is 0.135 e. The Balaban J connectivity index is 0.00000264. The topological polar surface area (TPSA) is 34.4 Å². The SMILES string of the molecule is CC(C)OCCCNCc1ccc(-c2cc(Cl)ccc2Cl)o1.Cl. The molecule has 0 saturated heterocycles. The van der Waals surface area contributed by atoms with Gasteiger partial charge in [0.05, 0.1) is 17.7 Å². The first kappa shape index (κ1) is 20.3. The van der Waals surface area contributed by atoms with Crippen molar-refractivity contribution in [2.75, 3.05) is 13.2 Å². The summed E-state index contributed by atoms with van der Waals surface area (Å²) in [6.07, 6.45) is 1.27. The third kappa shape index (κ3) is 6.74. The predicted molar refractivity (Wildman–Crippen MR) is 98.8 cm³/mol. The zero-order valence-electron chi connectivity index (χ0n) is 13.3. The summed E-state index contributed by atoms with van der Waals surface area (Å²) in [5.74, 6) is 1.60. The molecule has 0 aliphatic rings. The molecule has 3 nitrogen and oxygen atoms in total. The first-order chi connectivity index (χ1) is 10.6. The van der Waals surface area contributed by atoms with Gasteiger partial charge in [-0.25, -0.2) is 0 Å². The van der Waals surface area contributed by atoms with Crippen molar-refractivity contribution >= 4 is 35.6 Å². The Bertz CT molecular complexity index is 599. The van der Waals surface area contributed by atoms with Crippen molar-refractivity contribution in [3.05, 3.63) is 46.1 Å². The summed E-state index contributed by atoms with van der Waals surface area (Å²) < 4.78 is 11.3. The maximum absolute atomic E-state index is 6.18. The van der Waals surface area contributed by atoms with Crippen LogP contribution >= 0.6 is 35.6 Å². The molecule has 0 radical (unpaired) electrons. The summed E-state index contributed by atoms with van der Waals surface area (Å²) in [6, 6.07) is 9.20. The van der Waals surface area contributed by atoms with Crippen LogP contribution in [-0.2, 0) is 11.3 Å². The molecular weight excluding hydrogens is 357 g/mol. The van der Waals surface area contributed by atoms with Gasteiger partial charge < -0.3 is 14.5 Å². The lowest BCUT2D eigenvalue weighted by atomic mass is 10.2. The van der Waals surface area contributed by atoms with E-state index in [1.165, 1.54) is 0 Å². The van der Waals surface area contributed by atoms with Gasteiger partial charge >= 0.3 is 0 Å². The lowest BCUT2D eigenvalue weighted by Gasteiger charge is -2.07. The molecule has 0 bridgehead atoms. The molecular formula is C17H22Cl3NO2. The van der Waals surface area contributed by atoms with E-state index in [4.69, 9.17) is 32.4 Å². The molecule has 0 unspecified atom stereocenters. The minimum Gasteiger partial charge on any atom is -0.460 e. The molecule has 0 aliphatic heterocycles. The van der Waals surface area contributed by atoms with E-state index in [0.717, 1.165) is 36.7 Å². The molecule has 0 fully saturated rings. The zero-order valence-corrected chi connectivity index (χ0v) is 15.6. The third-order valence-corrected chi connectivity index (χ3v) is 3.67. The van der Waals surface area contributed by atoms with Crippen molar-refractivity contribution in [2.45, 2.75) is 32.9 Å². The lowest BCUT2D eigenvalue weighted by molar-refractivity contribution is 0.0770. The van der Waals surface area contributed by atoms with E-state index in [-0.39, 0.29) is 18.5 Å². The van der Waals surface area contributed by atoms with Crippen LogP contribution in [-0.4, -0.2) is 19.3 Å². The number of furan rings is 1. The van der Waals surface area contributed by atoms with Crippen molar-refractivity contribution in [3.8, 4) is 11.3 Å². The molecule has 2 aromatic rings. The Kier molecular flexibility index (Phi) is 9.03. The lowest BCUT2D eigenvalue weighted by Crippen LogP contribution is -2.17. The van der Waals surface area contributed by atoms with Gasteiger partial charge in [0.1, 0.15) is 11.5 Å². The van der Waals surface area contributed by atoms with Crippen molar-refractivity contribution in [1.82, 2.24) is 5.32 Å². The number of nitrogens with one attached hydrogen (secondary N) is 1. The molecule has 6 heteroatoms. The molecule has 128 valence electrons. The van der Waals surface area contributed by atoms with Gasteiger partial charge in [-0.1, -0.05) is 23.2 Å². The summed E-state index contributed by atoms with van der Waals surface area (Å²) in [5.41, 5.74) is 0.811. The van der Waals surface area contributed by atoms with Crippen LogP contribution in [0.5, 0.6) is 0 Å². The molecule has 1 heterocycles. The average molecular weight is 379 g/mol. The first-order valence-electron chi connectivity index (χ1n) is 7.42. The molecule has 0 atom stereocenters. The van der Waals surface area contributed by atoms with Crippen molar-refractivity contribution in [3.63, 3.8) is 0 Å². The van der Waals surface area contributed by atoms with Gasteiger partial charge in [0.25, 0.3) is 0 Å². The Hall–Kier alpha value is -0.710. The molecule has 1 aromatic heterocycles. The van der Waals surface area contributed by atoms with Gasteiger partial charge in [0.15, 0.2) is 0 Å². The van der Waals surface area contributed by atoms with E-state index in [9.17, 15) is 0 Å². The van der Waals surface area contributed by atoms with E-state index in [2.05, 4.69) is 5.32 Å². The fraction of sp³-hybridized carbons (Fsp3) is 0.412. The maximum atomic E-state index is 6.18. The van der Waals surface area contributed by atoms with Gasteiger partial charge in [0, 0.05) is 17.2 Å². The van der Waals surface area contributed by atoms with Crippen LogP contribution in [0.3, 0.4) is 0 Å².